The zero-order chi connectivity index (χ0) is 13.2. The lowest BCUT2D eigenvalue weighted by Crippen LogP contribution is -2.34. The van der Waals surface area contributed by atoms with Crippen LogP contribution < -0.4 is 9.96 Å². The number of methoxy groups -OCH3 is 1. The maximum Gasteiger partial charge on any atom is 0.278 e. The van der Waals surface area contributed by atoms with Crippen molar-refractivity contribution in [3.8, 4) is 5.75 Å². The maximum absolute atomic E-state index is 10.4. The molecule has 0 saturated carbocycles. The van der Waals surface area contributed by atoms with Crippen LogP contribution in [0.3, 0.4) is 0 Å². The molecule has 96 valence electrons. The molecule has 1 rings (SSSR count). The van der Waals surface area contributed by atoms with E-state index in [9.17, 15) is 4.79 Å². The molecule has 0 aromatic heterocycles. The highest BCUT2D eigenvalue weighted by Crippen LogP contribution is 2.15. The molecule has 0 saturated heterocycles. The van der Waals surface area contributed by atoms with E-state index in [1.807, 2.05) is 24.3 Å². The maximum atomic E-state index is 10.4. The lowest BCUT2D eigenvalue weighted by atomic mass is 9.92. The van der Waals surface area contributed by atoms with Gasteiger partial charge in [-0.2, -0.15) is 0 Å². The number of allylic oxidation sites excluding steroid dienone is 1. The molecule has 0 aliphatic carbocycles. The summed E-state index contributed by atoms with van der Waals surface area (Å²) in [6.07, 6.45) is 5.61. The number of carbonyl (C=O) groups is 1. The average molecular weight is 245 g/mol. The van der Waals surface area contributed by atoms with Crippen LogP contribution in [0.15, 0.2) is 36.9 Å². The number of ether oxygens (including phenoxy) is 1. The molecule has 0 heterocycles. The van der Waals surface area contributed by atoms with Gasteiger partial charge in [0.05, 0.1) is 13.3 Å². The summed E-state index contributed by atoms with van der Waals surface area (Å²) in [5.41, 5.74) is 1.21. The van der Waals surface area contributed by atoms with Crippen LogP contribution in [0.25, 0.3) is 0 Å². The van der Waals surface area contributed by atoms with Gasteiger partial charge in [-0.3, -0.25) is 0 Å². The fourth-order valence-electron chi connectivity index (χ4n) is 1.89. The van der Waals surface area contributed by atoms with Crippen LogP contribution in [0, 0.1) is 0 Å². The first-order valence-electron chi connectivity index (χ1n) is 6.21. The summed E-state index contributed by atoms with van der Waals surface area (Å²) in [4.78, 5) is 10.4. The Kier molecular flexibility index (Phi) is 6.88. The average Bonchev–Trinajstić information content (AvgIpc) is 2.42. The second-order valence-corrected chi connectivity index (χ2v) is 4.19. The fraction of sp³-hybridized carbons (Fsp3) is 0.357. The molecule has 0 aliphatic heterocycles. The Morgan fingerprint density at radius 1 is 1.56 bits per heavy atom. The Morgan fingerprint density at radius 3 is 3.06 bits per heavy atom. The number of benzene rings is 1. The summed E-state index contributed by atoms with van der Waals surface area (Å²) < 4.78 is 5.21. The third-order valence-corrected chi connectivity index (χ3v) is 2.83. The topological polar surface area (TPSA) is 38.3 Å². The zero-order valence-corrected chi connectivity index (χ0v) is 10.9. The van der Waals surface area contributed by atoms with Crippen LogP contribution in [0.5, 0.6) is 5.75 Å². The third kappa shape index (κ3) is 5.19. The van der Waals surface area contributed by atoms with E-state index in [4.69, 9.17) is 4.74 Å². The van der Waals surface area contributed by atoms with Crippen molar-refractivity contribution in [1.82, 2.24) is 5.23 Å². The summed E-state index contributed by atoms with van der Waals surface area (Å²) in [5, 5.41) is 3.23. The standard InChI is InChI=1S/C14H20BNO2/c1-3-4-7-13(16-15-11-17)9-12-6-5-8-14(10-12)18-2/h3,5-6,8,10-11,13,15-16H,1,4,7,9H2,2H3/t13-/m0/s1. The first kappa shape index (κ1) is 14.5. The van der Waals surface area contributed by atoms with E-state index in [-0.39, 0.29) is 0 Å². The van der Waals surface area contributed by atoms with E-state index in [1.165, 1.54) is 5.56 Å². The summed E-state index contributed by atoms with van der Waals surface area (Å²) in [6.45, 7) is 3.73. The second kappa shape index (κ2) is 8.53. The molecular formula is C14H20BNO2. The van der Waals surface area contributed by atoms with E-state index in [0.717, 1.165) is 31.2 Å². The lowest BCUT2D eigenvalue weighted by Gasteiger charge is -2.17. The van der Waals surface area contributed by atoms with Crippen molar-refractivity contribution < 1.29 is 9.53 Å². The second-order valence-electron chi connectivity index (χ2n) is 4.19. The predicted molar refractivity (Wildman–Crippen MR) is 77.0 cm³/mol. The number of hydrogen-bond acceptors (Lipinski definition) is 3. The van der Waals surface area contributed by atoms with Crippen molar-refractivity contribution >= 4 is 13.6 Å². The largest absolute Gasteiger partial charge is 0.497 e. The Balaban J connectivity index is 2.61. The SMILES string of the molecule is C=CCC[C@@H](Cc1cccc(OC)c1)NBC=O. The minimum Gasteiger partial charge on any atom is -0.497 e. The minimum atomic E-state index is 0.292. The summed E-state index contributed by atoms with van der Waals surface area (Å²) >= 11 is 0. The molecule has 1 aromatic carbocycles. The van der Waals surface area contributed by atoms with Crippen LogP contribution >= 0.6 is 0 Å². The molecule has 0 fully saturated rings. The molecule has 3 nitrogen and oxygen atoms in total. The van der Waals surface area contributed by atoms with E-state index in [1.54, 1.807) is 7.11 Å². The normalized spacial score (nSPS) is 11.6. The minimum absolute atomic E-state index is 0.292. The van der Waals surface area contributed by atoms with Crippen molar-refractivity contribution in [2.75, 3.05) is 7.11 Å². The van der Waals surface area contributed by atoms with Crippen LogP contribution in [-0.2, 0) is 11.2 Å². The molecule has 0 aliphatic rings. The van der Waals surface area contributed by atoms with Gasteiger partial charge in [-0.1, -0.05) is 18.2 Å². The molecule has 1 aromatic rings. The molecule has 0 amide bonds. The van der Waals surface area contributed by atoms with Gasteiger partial charge in [0, 0.05) is 6.04 Å². The highest BCUT2D eigenvalue weighted by Gasteiger charge is 2.09. The summed E-state index contributed by atoms with van der Waals surface area (Å²) in [6, 6.07) is 8.31. The van der Waals surface area contributed by atoms with Crippen LogP contribution in [0.2, 0.25) is 0 Å². The molecule has 0 spiro atoms. The number of nitrogens with one attached hydrogen (secondary N) is 1. The van der Waals surface area contributed by atoms with E-state index in [2.05, 4.69) is 17.9 Å². The van der Waals surface area contributed by atoms with Gasteiger partial charge in [0.1, 0.15) is 5.75 Å². The van der Waals surface area contributed by atoms with Gasteiger partial charge in [-0.15, -0.1) is 6.58 Å². The third-order valence-electron chi connectivity index (χ3n) is 2.83. The van der Waals surface area contributed by atoms with Crippen LogP contribution in [0.4, 0.5) is 0 Å². The first-order chi connectivity index (χ1) is 8.80. The Bertz CT molecular complexity index is 370. The molecule has 18 heavy (non-hydrogen) atoms. The monoisotopic (exact) mass is 245 g/mol. The van der Waals surface area contributed by atoms with Gasteiger partial charge < -0.3 is 14.8 Å². The van der Waals surface area contributed by atoms with Gasteiger partial charge in [0.2, 0.25) is 0 Å². The van der Waals surface area contributed by atoms with E-state index in [0.29, 0.717) is 13.5 Å². The Hall–Kier alpha value is -1.55. The quantitative estimate of drug-likeness (QED) is 0.409. The van der Waals surface area contributed by atoms with Gasteiger partial charge in [-0.25, -0.2) is 0 Å². The van der Waals surface area contributed by atoms with Gasteiger partial charge in [0.25, 0.3) is 7.41 Å². The van der Waals surface area contributed by atoms with E-state index < -0.39 is 0 Å². The smallest absolute Gasteiger partial charge is 0.278 e. The van der Waals surface area contributed by atoms with Gasteiger partial charge >= 0.3 is 0 Å². The highest BCUT2D eigenvalue weighted by atomic mass is 16.5. The fourth-order valence-corrected chi connectivity index (χ4v) is 1.89. The van der Waals surface area contributed by atoms with E-state index >= 15 is 0 Å². The summed E-state index contributed by atoms with van der Waals surface area (Å²) in [7, 11) is 2.06. The van der Waals surface area contributed by atoms with Crippen molar-refractivity contribution in [1.29, 1.82) is 0 Å². The molecule has 0 unspecified atom stereocenters. The molecule has 1 atom stereocenters. The Labute approximate surface area is 109 Å². The van der Waals surface area contributed by atoms with Crippen LogP contribution in [0.1, 0.15) is 18.4 Å². The van der Waals surface area contributed by atoms with Crippen molar-refractivity contribution in [3.05, 3.63) is 42.5 Å². The Morgan fingerprint density at radius 2 is 2.39 bits per heavy atom. The summed E-state index contributed by atoms with van der Waals surface area (Å²) in [5.74, 6) is 0.866. The number of carbonyl (C=O) groups excluding carboxylic acids is 1. The molecule has 1 N–H and O–H groups in total. The highest BCUT2D eigenvalue weighted by molar-refractivity contribution is 6.64. The van der Waals surface area contributed by atoms with Crippen LogP contribution in [-0.4, -0.2) is 26.8 Å². The van der Waals surface area contributed by atoms with Crippen molar-refractivity contribution in [2.24, 2.45) is 0 Å². The molecular weight excluding hydrogens is 225 g/mol. The van der Waals surface area contributed by atoms with Crippen molar-refractivity contribution in [2.45, 2.75) is 25.3 Å². The molecule has 0 radical (unpaired) electrons. The molecule has 4 heteroatoms. The zero-order valence-electron chi connectivity index (χ0n) is 10.9. The lowest BCUT2D eigenvalue weighted by molar-refractivity contribution is 0.414. The van der Waals surface area contributed by atoms with Crippen molar-refractivity contribution in [3.63, 3.8) is 0 Å². The van der Waals surface area contributed by atoms with Gasteiger partial charge in [-0.05, 0) is 37.0 Å². The van der Waals surface area contributed by atoms with Gasteiger partial charge in [0.15, 0.2) is 0 Å². The number of hydrogen-bond donors (Lipinski definition) is 1. The molecule has 0 bridgehead atoms. The predicted octanol–water partition coefficient (Wildman–Crippen LogP) is 1.70. The first-order valence-corrected chi connectivity index (χ1v) is 6.21. The number of rotatable bonds is 9.